The second kappa shape index (κ2) is 5.47. The molecule has 1 saturated heterocycles. The highest BCUT2D eigenvalue weighted by Crippen LogP contribution is 2.10. The van der Waals surface area contributed by atoms with Crippen LogP contribution in [0.25, 0.3) is 0 Å². The summed E-state index contributed by atoms with van der Waals surface area (Å²) in [6.07, 6.45) is 0.696. The van der Waals surface area contributed by atoms with E-state index in [1.165, 1.54) is 0 Å². The molecule has 1 rings (SSSR count). The maximum absolute atomic E-state index is 7.29. The first-order valence-electron chi connectivity index (χ1n) is 5.81. The van der Waals surface area contributed by atoms with E-state index in [0.717, 1.165) is 26.2 Å². The van der Waals surface area contributed by atoms with Crippen molar-refractivity contribution in [3.05, 3.63) is 0 Å². The minimum absolute atomic E-state index is 0.300. The van der Waals surface area contributed by atoms with Crippen molar-refractivity contribution in [1.82, 2.24) is 9.80 Å². The van der Waals surface area contributed by atoms with Crippen LogP contribution in [-0.2, 0) is 0 Å². The SMILES string of the molecule is CC(C)N1CCN(C(C)CC(=N)N)CC1. The van der Waals surface area contributed by atoms with Crippen molar-refractivity contribution in [1.29, 1.82) is 5.41 Å². The van der Waals surface area contributed by atoms with Crippen LogP contribution in [0.1, 0.15) is 27.2 Å². The second-order valence-electron chi connectivity index (χ2n) is 4.74. The van der Waals surface area contributed by atoms with Gasteiger partial charge in [-0.25, -0.2) is 0 Å². The predicted octanol–water partition coefficient (Wildman–Crippen LogP) is 0.727. The van der Waals surface area contributed by atoms with E-state index < -0.39 is 0 Å². The number of amidine groups is 1. The highest BCUT2D eigenvalue weighted by molar-refractivity contribution is 5.77. The molecule has 0 aliphatic carbocycles. The number of hydrogen-bond donors (Lipinski definition) is 2. The third-order valence-electron chi connectivity index (χ3n) is 3.22. The molecular formula is C11H24N4. The van der Waals surface area contributed by atoms with Crippen LogP contribution in [0.5, 0.6) is 0 Å². The van der Waals surface area contributed by atoms with E-state index in [-0.39, 0.29) is 0 Å². The molecule has 1 fully saturated rings. The lowest BCUT2D eigenvalue weighted by Gasteiger charge is -2.39. The fourth-order valence-electron chi connectivity index (χ4n) is 2.14. The van der Waals surface area contributed by atoms with Gasteiger partial charge in [-0.15, -0.1) is 0 Å². The zero-order valence-corrected chi connectivity index (χ0v) is 10.2. The highest BCUT2D eigenvalue weighted by Gasteiger charge is 2.22. The normalized spacial score (nSPS) is 21.9. The number of piperazine rings is 1. The Morgan fingerprint density at radius 3 is 2.00 bits per heavy atom. The molecule has 0 aromatic rings. The van der Waals surface area contributed by atoms with Crippen molar-refractivity contribution in [2.45, 2.75) is 39.3 Å². The number of rotatable bonds is 4. The fraction of sp³-hybridized carbons (Fsp3) is 0.909. The molecule has 88 valence electrons. The van der Waals surface area contributed by atoms with E-state index in [4.69, 9.17) is 11.1 Å². The first-order chi connectivity index (χ1) is 7.00. The number of nitrogens with one attached hydrogen (secondary N) is 1. The summed E-state index contributed by atoms with van der Waals surface area (Å²) >= 11 is 0. The van der Waals surface area contributed by atoms with E-state index in [0.29, 0.717) is 24.3 Å². The first-order valence-corrected chi connectivity index (χ1v) is 5.81. The van der Waals surface area contributed by atoms with Crippen molar-refractivity contribution in [2.24, 2.45) is 5.73 Å². The largest absolute Gasteiger partial charge is 0.388 e. The molecule has 0 saturated carbocycles. The van der Waals surface area contributed by atoms with E-state index >= 15 is 0 Å². The summed E-state index contributed by atoms with van der Waals surface area (Å²) in [5, 5.41) is 7.29. The average molecular weight is 212 g/mol. The summed E-state index contributed by atoms with van der Waals surface area (Å²) in [7, 11) is 0. The van der Waals surface area contributed by atoms with Crippen LogP contribution in [0, 0.1) is 5.41 Å². The lowest BCUT2D eigenvalue weighted by atomic mass is 10.1. The molecule has 15 heavy (non-hydrogen) atoms. The van der Waals surface area contributed by atoms with Crippen molar-refractivity contribution in [3.8, 4) is 0 Å². The van der Waals surface area contributed by atoms with Gasteiger partial charge in [0, 0.05) is 44.7 Å². The van der Waals surface area contributed by atoms with Crippen LogP contribution in [0.3, 0.4) is 0 Å². The Morgan fingerprint density at radius 2 is 1.60 bits per heavy atom. The van der Waals surface area contributed by atoms with E-state index in [2.05, 4.69) is 30.6 Å². The van der Waals surface area contributed by atoms with Gasteiger partial charge in [0.05, 0.1) is 5.84 Å². The Kier molecular flexibility index (Phi) is 4.54. The monoisotopic (exact) mass is 212 g/mol. The zero-order valence-electron chi connectivity index (χ0n) is 10.2. The van der Waals surface area contributed by atoms with Crippen LogP contribution in [0.15, 0.2) is 0 Å². The van der Waals surface area contributed by atoms with Gasteiger partial charge < -0.3 is 5.73 Å². The first kappa shape index (κ1) is 12.5. The molecule has 0 spiro atoms. The quantitative estimate of drug-likeness (QED) is 0.533. The third-order valence-corrected chi connectivity index (χ3v) is 3.22. The molecule has 1 atom stereocenters. The van der Waals surface area contributed by atoms with Gasteiger partial charge in [0.2, 0.25) is 0 Å². The van der Waals surface area contributed by atoms with Crippen LogP contribution in [0.4, 0.5) is 0 Å². The van der Waals surface area contributed by atoms with Crippen LogP contribution >= 0.6 is 0 Å². The summed E-state index contributed by atoms with van der Waals surface area (Å²) in [6, 6.07) is 1.06. The van der Waals surface area contributed by atoms with Gasteiger partial charge in [-0.2, -0.15) is 0 Å². The third kappa shape index (κ3) is 3.80. The molecule has 0 radical (unpaired) electrons. The number of nitrogens with zero attached hydrogens (tertiary/aromatic N) is 2. The fourth-order valence-corrected chi connectivity index (χ4v) is 2.14. The molecule has 1 aliphatic heterocycles. The average Bonchev–Trinajstić information content (AvgIpc) is 2.17. The molecule has 4 nitrogen and oxygen atoms in total. The topological polar surface area (TPSA) is 56.4 Å². The number of nitrogens with two attached hydrogens (primary N) is 1. The molecule has 0 amide bonds. The van der Waals surface area contributed by atoms with Crippen molar-refractivity contribution in [2.75, 3.05) is 26.2 Å². The Bertz CT molecular complexity index is 207. The number of hydrogen-bond acceptors (Lipinski definition) is 3. The van der Waals surface area contributed by atoms with E-state index in [1.807, 2.05) is 0 Å². The Morgan fingerprint density at radius 1 is 1.13 bits per heavy atom. The van der Waals surface area contributed by atoms with Crippen molar-refractivity contribution in [3.63, 3.8) is 0 Å². The van der Waals surface area contributed by atoms with Crippen molar-refractivity contribution < 1.29 is 0 Å². The zero-order chi connectivity index (χ0) is 11.4. The van der Waals surface area contributed by atoms with Crippen LogP contribution in [0.2, 0.25) is 0 Å². The maximum Gasteiger partial charge on any atom is 0.0920 e. The van der Waals surface area contributed by atoms with Gasteiger partial charge in [0.1, 0.15) is 0 Å². The molecule has 1 unspecified atom stereocenters. The highest BCUT2D eigenvalue weighted by atomic mass is 15.3. The summed E-state index contributed by atoms with van der Waals surface area (Å²) < 4.78 is 0. The molecule has 0 aromatic carbocycles. The predicted molar refractivity (Wildman–Crippen MR) is 64.3 cm³/mol. The Hall–Kier alpha value is -0.610. The molecule has 1 heterocycles. The summed E-state index contributed by atoms with van der Waals surface area (Å²) in [6.45, 7) is 11.1. The van der Waals surface area contributed by atoms with Gasteiger partial charge >= 0.3 is 0 Å². The second-order valence-corrected chi connectivity index (χ2v) is 4.74. The smallest absolute Gasteiger partial charge is 0.0920 e. The van der Waals surface area contributed by atoms with Gasteiger partial charge in [-0.1, -0.05) is 0 Å². The van der Waals surface area contributed by atoms with Gasteiger partial charge in [-0.05, 0) is 20.8 Å². The summed E-state index contributed by atoms with van der Waals surface area (Å²) in [5.41, 5.74) is 5.42. The lowest BCUT2D eigenvalue weighted by Crippen LogP contribution is -2.52. The standard InChI is InChI=1S/C11H24N4/c1-9(2)14-4-6-15(7-5-14)10(3)8-11(12)13/h9-10H,4-8H2,1-3H3,(H3,12,13). The van der Waals surface area contributed by atoms with Crippen molar-refractivity contribution >= 4 is 5.84 Å². The van der Waals surface area contributed by atoms with E-state index in [9.17, 15) is 0 Å². The Labute approximate surface area is 92.9 Å². The maximum atomic E-state index is 7.29. The molecule has 0 aromatic heterocycles. The lowest BCUT2D eigenvalue weighted by molar-refractivity contribution is 0.0853. The minimum atomic E-state index is 0.300. The van der Waals surface area contributed by atoms with Gasteiger partial charge in [0.25, 0.3) is 0 Å². The molecule has 0 bridgehead atoms. The van der Waals surface area contributed by atoms with Gasteiger partial charge in [-0.3, -0.25) is 15.2 Å². The van der Waals surface area contributed by atoms with Gasteiger partial charge in [0.15, 0.2) is 0 Å². The summed E-state index contributed by atoms with van der Waals surface area (Å²) in [5.74, 6) is 0.300. The molecule has 3 N–H and O–H groups in total. The van der Waals surface area contributed by atoms with E-state index in [1.54, 1.807) is 0 Å². The molecule has 4 heteroatoms. The minimum Gasteiger partial charge on any atom is -0.388 e. The summed E-state index contributed by atoms with van der Waals surface area (Å²) in [4.78, 5) is 4.93. The van der Waals surface area contributed by atoms with Crippen LogP contribution in [-0.4, -0.2) is 53.9 Å². The Balaban J connectivity index is 2.33. The van der Waals surface area contributed by atoms with Crippen LogP contribution < -0.4 is 5.73 Å². The molecule has 1 aliphatic rings. The molecular weight excluding hydrogens is 188 g/mol.